The number of aromatic nitrogens is 2. The third kappa shape index (κ3) is 3.63. The highest BCUT2D eigenvalue weighted by Gasteiger charge is 2.49. The third-order valence-corrected chi connectivity index (χ3v) is 5.61. The summed E-state index contributed by atoms with van der Waals surface area (Å²) in [6, 6.07) is 14.7. The lowest BCUT2D eigenvalue weighted by molar-refractivity contribution is -0.132. The van der Waals surface area contributed by atoms with E-state index in [1.807, 2.05) is 39.0 Å². The van der Waals surface area contributed by atoms with Gasteiger partial charge in [-0.3, -0.25) is 14.5 Å². The van der Waals surface area contributed by atoms with Gasteiger partial charge in [0.15, 0.2) is 0 Å². The molecule has 8 heteroatoms. The number of aryl methyl sites for hydroxylation is 1. The number of rotatable bonds is 5. The molecule has 2 N–H and O–H groups in total. The van der Waals surface area contributed by atoms with Crippen molar-refractivity contribution in [2.24, 2.45) is 0 Å². The van der Waals surface area contributed by atoms with Crippen LogP contribution in [-0.4, -0.2) is 32.9 Å². The zero-order valence-corrected chi connectivity index (χ0v) is 18.9. The maximum Gasteiger partial charge on any atom is 0.302 e. The quantitative estimate of drug-likeness (QED) is 0.251. The number of fused-ring (bicyclic) bond motifs is 1. The fourth-order valence-corrected chi connectivity index (χ4v) is 4.11. The van der Waals surface area contributed by atoms with E-state index in [-0.39, 0.29) is 23.4 Å². The van der Waals surface area contributed by atoms with Crippen molar-refractivity contribution in [1.82, 2.24) is 9.97 Å². The first-order chi connectivity index (χ1) is 16.3. The predicted molar refractivity (Wildman–Crippen MR) is 127 cm³/mol. The number of anilines is 1. The number of carbonyl (C=O) groups excluding carboxylic acids is 2. The summed E-state index contributed by atoms with van der Waals surface area (Å²) in [5, 5.41) is 11.2. The topological polar surface area (TPSA) is 109 Å². The molecule has 3 heterocycles. The van der Waals surface area contributed by atoms with E-state index >= 15 is 0 Å². The second-order valence-electron chi connectivity index (χ2n) is 8.46. The molecule has 0 spiro atoms. The average molecular weight is 457 g/mol. The Hall–Kier alpha value is -4.33. The van der Waals surface area contributed by atoms with Gasteiger partial charge in [0.2, 0.25) is 5.95 Å². The first-order valence-electron chi connectivity index (χ1n) is 10.9. The molecule has 0 saturated carbocycles. The number of Topliss-reactive ketones (excluding diaryl/α,β-unsaturated/α-hetero) is 1. The van der Waals surface area contributed by atoms with Gasteiger partial charge in [-0.1, -0.05) is 6.07 Å². The van der Waals surface area contributed by atoms with Crippen LogP contribution in [0.3, 0.4) is 0 Å². The highest BCUT2D eigenvalue weighted by molar-refractivity contribution is 6.51. The Morgan fingerprint density at radius 1 is 1.15 bits per heavy atom. The highest BCUT2D eigenvalue weighted by Crippen LogP contribution is 2.42. The first kappa shape index (κ1) is 21.5. The second-order valence-corrected chi connectivity index (χ2v) is 8.46. The van der Waals surface area contributed by atoms with Crippen molar-refractivity contribution in [3.63, 3.8) is 0 Å². The molecule has 4 aromatic rings. The molecule has 2 aromatic heterocycles. The van der Waals surface area contributed by atoms with Gasteiger partial charge in [0, 0.05) is 5.56 Å². The van der Waals surface area contributed by atoms with Crippen LogP contribution in [0.25, 0.3) is 16.8 Å². The number of nitrogens with zero attached hydrogens (tertiary/aromatic N) is 2. The van der Waals surface area contributed by atoms with E-state index in [1.165, 1.54) is 11.2 Å². The van der Waals surface area contributed by atoms with Crippen LogP contribution in [0.4, 0.5) is 5.95 Å². The summed E-state index contributed by atoms with van der Waals surface area (Å²) in [7, 11) is 0. The van der Waals surface area contributed by atoms with Crippen LogP contribution >= 0.6 is 0 Å². The standard InChI is InChI=1S/C26H23N3O5/c1-14(2)34-17-9-7-16(8-10-17)23(30)21-22(20-5-4-12-33-20)29(25(32)24(21)31)26-27-18-11-6-15(3)13-19(18)28-26/h4-14,22,30H,1-3H3,(H,27,28)/b23-21+. The van der Waals surface area contributed by atoms with Crippen LogP contribution in [0, 0.1) is 6.92 Å². The van der Waals surface area contributed by atoms with Gasteiger partial charge in [0.05, 0.1) is 29.0 Å². The highest BCUT2D eigenvalue weighted by atomic mass is 16.5. The number of nitrogens with one attached hydrogen (secondary N) is 1. The Kier molecular flexibility index (Phi) is 5.20. The van der Waals surface area contributed by atoms with Crippen molar-refractivity contribution in [2.45, 2.75) is 32.9 Å². The molecule has 1 fully saturated rings. The lowest BCUT2D eigenvalue weighted by atomic mass is 9.99. The molecule has 1 saturated heterocycles. The smallest absolute Gasteiger partial charge is 0.302 e. The summed E-state index contributed by atoms with van der Waals surface area (Å²) in [5.41, 5.74) is 2.72. The molecule has 2 aromatic carbocycles. The molecule has 34 heavy (non-hydrogen) atoms. The summed E-state index contributed by atoms with van der Waals surface area (Å²) < 4.78 is 11.2. The number of H-pyrrole nitrogens is 1. The summed E-state index contributed by atoms with van der Waals surface area (Å²) in [6.07, 6.45) is 1.45. The molecular weight excluding hydrogens is 434 g/mol. The van der Waals surface area contributed by atoms with E-state index in [2.05, 4.69) is 9.97 Å². The number of ketones is 1. The molecule has 8 nitrogen and oxygen atoms in total. The summed E-state index contributed by atoms with van der Waals surface area (Å²) in [5.74, 6) is -0.769. The molecule has 0 aliphatic carbocycles. The minimum atomic E-state index is -0.983. The van der Waals surface area contributed by atoms with Crippen molar-refractivity contribution in [2.75, 3.05) is 4.90 Å². The van der Waals surface area contributed by atoms with Crippen molar-refractivity contribution < 1.29 is 23.8 Å². The van der Waals surface area contributed by atoms with Gasteiger partial charge in [-0.05, 0) is 74.9 Å². The number of ether oxygens (including phenoxy) is 1. The van der Waals surface area contributed by atoms with Gasteiger partial charge < -0.3 is 19.2 Å². The molecule has 1 aliphatic rings. The Labute approximate surface area is 195 Å². The number of hydrogen-bond donors (Lipinski definition) is 2. The third-order valence-electron chi connectivity index (χ3n) is 5.61. The molecule has 1 amide bonds. The molecule has 1 atom stereocenters. The Bertz CT molecular complexity index is 1410. The second kappa shape index (κ2) is 8.22. The van der Waals surface area contributed by atoms with Crippen LogP contribution in [-0.2, 0) is 9.59 Å². The molecule has 1 aliphatic heterocycles. The van der Waals surface area contributed by atoms with E-state index in [4.69, 9.17) is 9.15 Å². The average Bonchev–Trinajstić information content (AvgIpc) is 3.52. The number of aliphatic hydroxyl groups excluding tert-OH is 1. The van der Waals surface area contributed by atoms with E-state index in [0.29, 0.717) is 22.6 Å². The molecule has 1 unspecified atom stereocenters. The van der Waals surface area contributed by atoms with Gasteiger partial charge in [-0.25, -0.2) is 4.98 Å². The number of aromatic amines is 1. The maximum absolute atomic E-state index is 13.2. The molecule has 172 valence electrons. The zero-order chi connectivity index (χ0) is 24.0. The number of benzene rings is 2. The van der Waals surface area contributed by atoms with Crippen molar-refractivity contribution >= 4 is 34.4 Å². The minimum Gasteiger partial charge on any atom is -0.507 e. The molecule has 5 rings (SSSR count). The van der Waals surface area contributed by atoms with Crippen LogP contribution in [0.5, 0.6) is 5.75 Å². The largest absolute Gasteiger partial charge is 0.507 e. The number of furan rings is 1. The molecular formula is C26H23N3O5. The van der Waals surface area contributed by atoms with Crippen LogP contribution in [0.15, 0.2) is 70.9 Å². The Morgan fingerprint density at radius 2 is 1.91 bits per heavy atom. The summed E-state index contributed by atoms with van der Waals surface area (Å²) >= 11 is 0. The van der Waals surface area contributed by atoms with Gasteiger partial charge in [0.1, 0.15) is 23.3 Å². The van der Waals surface area contributed by atoms with Gasteiger partial charge in [-0.15, -0.1) is 0 Å². The van der Waals surface area contributed by atoms with Gasteiger partial charge >= 0.3 is 5.91 Å². The van der Waals surface area contributed by atoms with Gasteiger partial charge in [0.25, 0.3) is 5.78 Å². The van der Waals surface area contributed by atoms with E-state index in [0.717, 1.165) is 11.1 Å². The Morgan fingerprint density at radius 3 is 2.59 bits per heavy atom. The zero-order valence-electron chi connectivity index (χ0n) is 18.9. The minimum absolute atomic E-state index is 0.00341. The number of imidazole rings is 1. The van der Waals surface area contributed by atoms with Crippen molar-refractivity contribution in [3.8, 4) is 5.75 Å². The fraction of sp³-hybridized carbons (Fsp3) is 0.192. The van der Waals surface area contributed by atoms with Crippen molar-refractivity contribution in [1.29, 1.82) is 0 Å². The number of aliphatic hydroxyl groups is 1. The maximum atomic E-state index is 13.2. The SMILES string of the molecule is Cc1ccc2nc(N3C(=O)C(=O)/C(=C(/O)c4ccc(OC(C)C)cc4)C3c3ccco3)[nH]c2c1. The van der Waals surface area contributed by atoms with Crippen LogP contribution < -0.4 is 9.64 Å². The number of carbonyl (C=O) groups is 2. The monoisotopic (exact) mass is 457 g/mol. The summed E-state index contributed by atoms with van der Waals surface area (Å²) in [6.45, 7) is 5.78. The Balaban J connectivity index is 1.63. The fourth-order valence-electron chi connectivity index (χ4n) is 4.11. The lowest BCUT2D eigenvalue weighted by Crippen LogP contribution is -2.30. The normalized spacial score (nSPS) is 17.8. The molecule has 0 bridgehead atoms. The van der Waals surface area contributed by atoms with E-state index in [1.54, 1.807) is 36.4 Å². The first-order valence-corrected chi connectivity index (χ1v) is 10.9. The number of hydrogen-bond acceptors (Lipinski definition) is 6. The van der Waals surface area contributed by atoms with Gasteiger partial charge in [-0.2, -0.15) is 0 Å². The van der Waals surface area contributed by atoms with Crippen LogP contribution in [0.1, 0.15) is 36.8 Å². The van der Waals surface area contributed by atoms with Crippen molar-refractivity contribution in [3.05, 3.63) is 83.3 Å². The number of amides is 1. The summed E-state index contributed by atoms with van der Waals surface area (Å²) in [4.78, 5) is 35.2. The van der Waals surface area contributed by atoms with E-state index < -0.39 is 17.7 Å². The molecule has 0 radical (unpaired) electrons. The van der Waals surface area contributed by atoms with Crippen LogP contribution in [0.2, 0.25) is 0 Å². The lowest BCUT2D eigenvalue weighted by Gasteiger charge is -2.20. The predicted octanol–water partition coefficient (Wildman–Crippen LogP) is 4.88. The van der Waals surface area contributed by atoms with E-state index in [9.17, 15) is 14.7 Å².